The number of carbonyl (C=O) groups excluding carboxylic acids is 1. The molecule has 2 atom stereocenters. The molecule has 0 heterocycles. The summed E-state index contributed by atoms with van der Waals surface area (Å²) in [4.78, 5) is 14.1. The number of benzene rings is 1. The number of hydrogen-bond donors (Lipinski definition) is 1. The maximum atomic E-state index is 12.4. The number of unbranched alkanes of at least 4 members (excludes halogenated alkanes) is 10. The molecule has 3 heteroatoms. The van der Waals surface area contributed by atoms with E-state index in [0.717, 1.165) is 18.4 Å². The monoisotopic (exact) mass is 375 g/mol. The van der Waals surface area contributed by atoms with Gasteiger partial charge in [-0.1, -0.05) is 101 Å². The van der Waals surface area contributed by atoms with Crippen molar-refractivity contribution in [1.29, 1.82) is 0 Å². The van der Waals surface area contributed by atoms with E-state index in [2.05, 4.69) is 6.92 Å². The number of carbonyl (C=O) groups is 1. The van der Waals surface area contributed by atoms with Crippen molar-refractivity contribution in [1.82, 2.24) is 4.90 Å². The first-order chi connectivity index (χ1) is 13.1. The molecule has 1 aromatic rings. The molecule has 154 valence electrons. The van der Waals surface area contributed by atoms with Gasteiger partial charge in [0, 0.05) is 13.5 Å². The lowest BCUT2D eigenvalue weighted by molar-refractivity contribution is -0.134. The molecule has 0 aromatic heterocycles. The van der Waals surface area contributed by atoms with Gasteiger partial charge < -0.3 is 10.0 Å². The van der Waals surface area contributed by atoms with E-state index in [1.807, 2.05) is 37.3 Å². The number of hydrogen-bond acceptors (Lipinski definition) is 2. The molecule has 0 saturated heterocycles. The Balaban J connectivity index is 2.10. The minimum absolute atomic E-state index is 0.133. The zero-order valence-electron chi connectivity index (χ0n) is 17.8. The van der Waals surface area contributed by atoms with Crippen molar-refractivity contribution in [3.8, 4) is 0 Å². The summed E-state index contributed by atoms with van der Waals surface area (Å²) in [7, 11) is 1.80. The Kier molecular flexibility index (Phi) is 12.9. The average molecular weight is 376 g/mol. The number of aliphatic hydroxyl groups excluding tert-OH is 1. The second-order valence-corrected chi connectivity index (χ2v) is 7.89. The second kappa shape index (κ2) is 14.7. The molecule has 0 bridgehead atoms. The zero-order valence-corrected chi connectivity index (χ0v) is 17.8. The predicted molar refractivity (Wildman–Crippen MR) is 115 cm³/mol. The smallest absolute Gasteiger partial charge is 0.222 e. The molecule has 1 N–H and O–H groups in total. The fraction of sp³-hybridized carbons (Fsp3) is 0.708. The van der Waals surface area contributed by atoms with Crippen molar-refractivity contribution >= 4 is 5.91 Å². The van der Waals surface area contributed by atoms with Crippen LogP contribution in [0.4, 0.5) is 0 Å². The van der Waals surface area contributed by atoms with E-state index in [0.29, 0.717) is 6.42 Å². The minimum Gasteiger partial charge on any atom is -0.386 e. The van der Waals surface area contributed by atoms with Crippen molar-refractivity contribution in [3.05, 3.63) is 35.9 Å². The SMILES string of the molecule is CCCCCCCCCCCCCC(=O)N(C)[C@@H](C)[C@@H](O)c1ccccc1. The van der Waals surface area contributed by atoms with Crippen LogP contribution in [0.15, 0.2) is 30.3 Å². The van der Waals surface area contributed by atoms with Crippen molar-refractivity contribution < 1.29 is 9.90 Å². The summed E-state index contributed by atoms with van der Waals surface area (Å²) in [6.07, 6.45) is 14.1. The largest absolute Gasteiger partial charge is 0.386 e. The molecule has 0 saturated carbocycles. The van der Waals surface area contributed by atoms with Crippen LogP contribution in [0.3, 0.4) is 0 Å². The molecule has 27 heavy (non-hydrogen) atoms. The highest BCUT2D eigenvalue weighted by atomic mass is 16.3. The van der Waals surface area contributed by atoms with Gasteiger partial charge in [-0.25, -0.2) is 0 Å². The van der Waals surface area contributed by atoms with Gasteiger partial charge >= 0.3 is 0 Å². The molecule has 0 radical (unpaired) electrons. The Labute approximate surface area is 167 Å². The van der Waals surface area contributed by atoms with Crippen molar-refractivity contribution in [3.63, 3.8) is 0 Å². The van der Waals surface area contributed by atoms with E-state index in [1.165, 1.54) is 57.8 Å². The minimum atomic E-state index is -0.641. The van der Waals surface area contributed by atoms with E-state index < -0.39 is 6.10 Å². The van der Waals surface area contributed by atoms with Crippen LogP contribution in [0, 0.1) is 0 Å². The molecule has 1 aromatic carbocycles. The van der Waals surface area contributed by atoms with Crippen LogP contribution in [0.25, 0.3) is 0 Å². The van der Waals surface area contributed by atoms with Crippen LogP contribution < -0.4 is 0 Å². The lowest BCUT2D eigenvalue weighted by Gasteiger charge is -2.29. The van der Waals surface area contributed by atoms with E-state index in [-0.39, 0.29) is 11.9 Å². The molecule has 0 aliphatic rings. The lowest BCUT2D eigenvalue weighted by Crippen LogP contribution is -2.38. The van der Waals surface area contributed by atoms with Gasteiger partial charge in [-0.15, -0.1) is 0 Å². The number of nitrogens with zero attached hydrogens (tertiary/aromatic N) is 1. The fourth-order valence-electron chi connectivity index (χ4n) is 3.48. The molecule has 1 rings (SSSR count). The highest BCUT2D eigenvalue weighted by Gasteiger charge is 2.23. The van der Waals surface area contributed by atoms with Gasteiger partial charge in [0.2, 0.25) is 5.91 Å². The summed E-state index contributed by atoms with van der Waals surface area (Å²) in [6.45, 7) is 4.17. The van der Waals surface area contributed by atoms with E-state index in [4.69, 9.17) is 0 Å². The second-order valence-electron chi connectivity index (χ2n) is 7.89. The molecular formula is C24H41NO2. The molecule has 0 unspecified atom stereocenters. The summed E-state index contributed by atoms with van der Waals surface area (Å²) >= 11 is 0. The molecule has 0 spiro atoms. The Morgan fingerprint density at radius 1 is 0.889 bits per heavy atom. The van der Waals surface area contributed by atoms with Gasteiger partial charge in [-0.05, 0) is 18.9 Å². The quantitative estimate of drug-likeness (QED) is 0.367. The van der Waals surface area contributed by atoms with Crippen LogP contribution in [-0.2, 0) is 4.79 Å². The van der Waals surface area contributed by atoms with Crippen LogP contribution >= 0.6 is 0 Å². The standard InChI is InChI=1S/C24H41NO2/c1-4-5-6-7-8-9-10-11-12-13-17-20-23(26)25(3)21(2)24(27)22-18-15-14-16-19-22/h14-16,18-19,21,24,27H,4-13,17,20H2,1-3H3/t21-,24+/m0/s1. The van der Waals surface area contributed by atoms with Crippen LogP contribution in [0.5, 0.6) is 0 Å². The Morgan fingerprint density at radius 3 is 1.89 bits per heavy atom. The van der Waals surface area contributed by atoms with Gasteiger partial charge in [-0.3, -0.25) is 4.79 Å². The summed E-state index contributed by atoms with van der Waals surface area (Å²) in [5.41, 5.74) is 0.861. The highest BCUT2D eigenvalue weighted by molar-refractivity contribution is 5.76. The molecule has 1 amide bonds. The highest BCUT2D eigenvalue weighted by Crippen LogP contribution is 2.21. The normalized spacial score (nSPS) is 13.3. The summed E-state index contributed by atoms with van der Waals surface area (Å²) in [5.74, 6) is 0.133. The maximum Gasteiger partial charge on any atom is 0.222 e. The molecular weight excluding hydrogens is 334 g/mol. The third kappa shape index (κ3) is 9.95. The predicted octanol–water partition coefficient (Wildman–Crippen LogP) is 6.27. The molecule has 3 nitrogen and oxygen atoms in total. The first-order valence-corrected chi connectivity index (χ1v) is 11.1. The van der Waals surface area contributed by atoms with Gasteiger partial charge in [0.1, 0.15) is 0 Å². The van der Waals surface area contributed by atoms with Crippen LogP contribution in [-0.4, -0.2) is 29.0 Å². The third-order valence-corrected chi connectivity index (χ3v) is 5.60. The maximum absolute atomic E-state index is 12.4. The molecule has 0 fully saturated rings. The number of aliphatic hydroxyl groups is 1. The lowest BCUT2D eigenvalue weighted by atomic mass is 10.0. The Hall–Kier alpha value is -1.35. The van der Waals surface area contributed by atoms with Crippen molar-refractivity contribution in [2.45, 2.75) is 103 Å². The average Bonchev–Trinajstić information content (AvgIpc) is 2.70. The summed E-state index contributed by atoms with van der Waals surface area (Å²) in [6, 6.07) is 9.36. The number of rotatable bonds is 15. The summed E-state index contributed by atoms with van der Waals surface area (Å²) < 4.78 is 0. The van der Waals surface area contributed by atoms with Crippen LogP contribution in [0.1, 0.15) is 103 Å². The van der Waals surface area contributed by atoms with E-state index >= 15 is 0 Å². The van der Waals surface area contributed by atoms with Gasteiger partial charge in [-0.2, -0.15) is 0 Å². The number of amides is 1. The molecule has 0 aliphatic heterocycles. The third-order valence-electron chi connectivity index (χ3n) is 5.60. The first kappa shape index (κ1) is 23.7. The number of likely N-dealkylation sites (N-methyl/N-ethyl adjacent to an activating group) is 1. The van der Waals surface area contributed by atoms with Crippen molar-refractivity contribution in [2.24, 2.45) is 0 Å². The molecule has 0 aliphatic carbocycles. The van der Waals surface area contributed by atoms with Gasteiger partial charge in [0.15, 0.2) is 0 Å². The van der Waals surface area contributed by atoms with E-state index in [9.17, 15) is 9.90 Å². The van der Waals surface area contributed by atoms with E-state index in [1.54, 1.807) is 11.9 Å². The Bertz CT molecular complexity index is 488. The van der Waals surface area contributed by atoms with Gasteiger partial charge in [0.25, 0.3) is 0 Å². The zero-order chi connectivity index (χ0) is 19.9. The van der Waals surface area contributed by atoms with Crippen molar-refractivity contribution in [2.75, 3.05) is 7.05 Å². The summed E-state index contributed by atoms with van der Waals surface area (Å²) in [5, 5.41) is 10.5. The topological polar surface area (TPSA) is 40.5 Å². The Morgan fingerprint density at radius 2 is 1.37 bits per heavy atom. The first-order valence-electron chi connectivity index (χ1n) is 11.1. The fourth-order valence-corrected chi connectivity index (χ4v) is 3.48. The van der Waals surface area contributed by atoms with Crippen LogP contribution in [0.2, 0.25) is 0 Å². The van der Waals surface area contributed by atoms with Gasteiger partial charge in [0.05, 0.1) is 12.1 Å².